The van der Waals surface area contributed by atoms with E-state index < -0.39 is 5.60 Å². The van der Waals surface area contributed by atoms with E-state index in [0.29, 0.717) is 35.9 Å². The van der Waals surface area contributed by atoms with Crippen molar-refractivity contribution in [2.45, 2.75) is 50.2 Å². The standard InChI is InChI=1S/C22H33N5O2/c1-27(2)6-5-24-21(28)17-12-25-20-16(3-4-23-20)19(17)26-18-14-7-13-8-15(18)11-22(29,9-13)10-14/h12-15,18,29H,3-11H2,1-2H3,(H,24,28)(H2,23,25,26)/t13?,14?,15?,18-,22+. The quantitative estimate of drug-likeness (QED) is 0.582. The Hall–Kier alpha value is -1.86. The normalized spacial score (nSPS) is 34.2. The Labute approximate surface area is 172 Å². The molecule has 158 valence electrons. The lowest BCUT2D eigenvalue weighted by Gasteiger charge is -2.58. The molecule has 4 bridgehead atoms. The van der Waals surface area contributed by atoms with Gasteiger partial charge in [-0.25, -0.2) is 4.98 Å². The van der Waals surface area contributed by atoms with Gasteiger partial charge in [-0.05, 0) is 70.4 Å². The van der Waals surface area contributed by atoms with Gasteiger partial charge in [0.2, 0.25) is 0 Å². The van der Waals surface area contributed by atoms with Gasteiger partial charge in [-0.3, -0.25) is 4.79 Å². The van der Waals surface area contributed by atoms with Gasteiger partial charge in [-0.2, -0.15) is 0 Å². The number of carbonyl (C=O) groups excluding carboxylic acids is 1. The SMILES string of the molecule is CN(C)CCNC(=O)c1cnc2c(c1N[C@H]1C3CC4CC1C[C@@](O)(C4)C3)CCN2. The van der Waals surface area contributed by atoms with Crippen LogP contribution in [0.15, 0.2) is 6.20 Å². The molecule has 5 aliphatic rings. The van der Waals surface area contributed by atoms with Crippen LogP contribution in [0.2, 0.25) is 0 Å². The monoisotopic (exact) mass is 399 g/mol. The molecule has 29 heavy (non-hydrogen) atoms. The summed E-state index contributed by atoms with van der Waals surface area (Å²) in [7, 11) is 4.00. The molecular weight excluding hydrogens is 366 g/mol. The fraction of sp³-hybridized carbons (Fsp3) is 0.727. The molecule has 1 amide bonds. The molecule has 1 aromatic rings. The van der Waals surface area contributed by atoms with E-state index >= 15 is 0 Å². The Morgan fingerprint density at radius 1 is 1.31 bits per heavy atom. The minimum absolute atomic E-state index is 0.0565. The molecule has 0 spiro atoms. The van der Waals surface area contributed by atoms with Gasteiger partial charge in [0.1, 0.15) is 5.82 Å². The van der Waals surface area contributed by atoms with Gasteiger partial charge in [0.25, 0.3) is 5.91 Å². The summed E-state index contributed by atoms with van der Waals surface area (Å²) in [6, 6.07) is 0.340. The summed E-state index contributed by atoms with van der Waals surface area (Å²) >= 11 is 0. The summed E-state index contributed by atoms with van der Waals surface area (Å²) in [5, 5.41) is 21.1. The number of pyridine rings is 1. The van der Waals surface area contributed by atoms with Crippen LogP contribution in [-0.4, -0.2) is 66.3 Å². The molecule has 0 radical (unpaired) electrons. The van der Waals surface area contributed by atoms with E-state index in [0.717, 1.165) is 55.8 Å². The third-order valence-corrected chi connectivity index (χ3v) is 7.49. The summed E-state index contributed by atoms with van der Waals surface area (Å²) in [5.74, 6) is 2.51. The van der Waals surface area contributed by atoms with Crippen LogP contribution in [0.25, 0.3) is 0 Å². The minimum atomic E-state index is -0.442. The third-order valence-electron chi connectivity index (χ3n) is 7.49. The maximum Gasteiger partial charge on any atom is 0.255 e. The summed E-state index contributed by atoms with van der Waals surface area (Å²) in [6.45, 7) is 2.28. The number of rotatable bonds is 6. The van der Waals surface area contributed by atoms with Gasteiger partial charge < -0.3 is 26.0 Å². The molecule has 6 rings (SSSR count). The maximum absolute atomic E-state index is 13.0. The van der Waals surface area contributed by atoms with Crippen molar-refractivity contribution in [2.75, 3.05) is 44.4 Å². The van der Waals surface area contributed by atoms with Gasteiger partial charge >= 0.3 is 0 Å². The largest absolute Gasteiger partial charge is 0.390 e. The number of likely N-dealkylation sites (N-methyl/N-ethyl adjacent to an activating group) is 1. The van der Waals surface area contributed by atoms with Crippen LogP contribution in [0, 0.1) is 17.8 Å². The van der Waals surface area contributed by atoms with Crippen LogP contribution in [0.4, 0.5) is 11.5 Å². The van der Waals surface area contributed by atoms with Gasteiger partial charge in [-0.1, -0.05) is 0 Å². The summed E-state index contributed by atoms with van der Waals surface area (Å²) in [4.78, 5) is 19.6. The number of nitrogens with one attached hydrogen (secondary N) is 3. The molecular formula is C22H33N5O2. The highest BCUT2D eigenvalue weighted by atomic mass is 16.3. The summed E-state index contributed by atoms with van der Waals surface area (Å²) in [5.41, 5.74) is 2.31. The van der Waals surface area contributed by atoms with Crippen molar-refractivity contribution in [3.63, 3.8) is 0 Å². The fourth-order valence-electron chi connectivity index (χ4n) is 6.46. The van der Waals surface area contributed by atoms with Crippen LogP contribution in [0.1, 0.15) is 48.0 Å². The number of nitrogens with zero attached hydrogens (tertiary/aromatic N) is 2. The summed E-state index contributed by atoms with van der Waals surface area (Å²) in [6.07, 6.45) is 7.78. The van der Waals surface area contributed by atoms with Gasteiger partial charge in [-0.15, -0.1) is 0 Å². The fourth-order valence-corrected chi connectivity index (χ4v) is 6.46. The van der Waals surface area contributed by atoms with E-state index in [9.17, 15) is 9.90 Å². The minimum Gasteiger partial charge on any atom is -0.390 e. The second kappa shape index (κ2) is 7.13. The Morgan fingerprint density at radius 3 is 2.76 bits per heavy atom. The lowest BCUT2D eigenvalue weighted by atomic mass is 9.52. The van der Waals surface area contributed by atoms with Crippen molar-refractivity contribution in [1.82, 2.24) is 15.2 Å². The van der Waals surface area contributed by atoms with Gasteiger partial charge in [0, 0.05) is 37.4 Å². The van der Waals surface area contributed by atoms with Crippen LogP contribution < -0.4 is 16.0 Å². The molecule has 4 saturated carbocycles. The van der Waals surface area contributed by atoms with Crippen LogP contribution in [0.5, 0.6) is 0 Å². The van der Waals surface area contributed by atoms with E-state index in [1.807, 2.05) is 14.1 Å². The topological polar surface area (TPSA) is 89.5 Å². The average molecular weight is 400 g/mol. The van der Waals surface area contributed by atoms with Crippen molar-refractivity contribution in [3.05, 3.63) is 17.3 Å². The first-order chi connectivity index (χ1) is 13.9. The zero-order valence-electron chi connectivity index (χ0n) is 17.5. The van der Waals surface area contributed by atoms with E-state index in [1.54, 1.807) is 6.20 Å². The van der Waals surface area contributed by atoms with Crippen LogP contribution in [0.3, 0.4) is 0 Å². The predicted molar refractivity (Wildman–Crippen MR) is 113 cm³/mol. The smallest absolute Gasteiger partial charge is 0.255 e. The Kier molecular flexibility index (Phi) is 4.70. The second-order valence-corrected chi connectivity index (χ2v) is 9.97. The highest BCUT2D eigenvalue weighted by Gasteiger charge is 2.54. The molecule has 0 aromatic carbocycles. The zero-order chi connectivity index (χ0) is 20.2. The molecule has 7 nitrogen and oxygen atoms in total. The van der Waals surface area contributed by atoms with Gasteiger partial charge in [0.15, 0.2) is 0 Å². The van der Waals surface area contributed by atoms with Crippen molar-refractivity contribution in [1.29, 1.82) is 0 Å². The average Bonchev–Trinajstić information content (AvgIpc) is 3.12. The molecule has 0 saturated heterocycles. The molecule has 4 fully saturated rings. The number of hydrogen-bond acceptors (Lipinski definition) is 6. The Bertz CT molecular complexity index is 795. The van der Waals surface area contributed by atoms with Crippen LogP contribution >= 0.6 is 0 Å². The molecule has 1 aliphatic heterocycles. The number of hydrogen-bond donors (Lipinski definition) is 4. The predicted octanol–water partition coefficient (Wildman–Crippen LogP) is 1.69. The third kappa shape index (κ3) is 3.48. The Morgan fingerprint density at radius 2 is 2.07 bits per heavy atom. The van der Waals surface area contributed by atoms with E-state index in [1.165, 1.54) is 12.8 Å². The number of fused-ring (bicyclic) bond motifs is 1. The van der Waals surface area contributed by atoms with Crippen LogP contribution in [-0.2, 0) is 6.42 Å². The molecule has 4 N–H and O–H groups in total. The lowest BCUT2D eigenvalue weighted by Crippen LogP contribution is -2.59. The van der Waals surface area contributed by atoms with Crippen molar-refractivity contribution in [2.24, 2.45) is 17.8 Å². The van der Waals surface area contributed by atoms with E-state index in [4.69, 9.17) is 0 Å². The van der Waals surface area contributed by atoms with Crippen molar-refractivity contribution < 1.29 is 9.90 Å². The number of amides is 1. The highest BCUT2D eigenvalue weighted by molar-refractivity contribution is 6.01. The Balaban J connectivity index is 1.41. The van der Waals surface area contributed by atoms with Crippen molar-refractivity contribution >= 4 is 17.4 Å². The van der Waals surface area contributed by atoms with E-state index in [2.05, 4.69) is 25.8 Å². The molecule has 2 heterocycles. The molecule has 2 atom stereocenters. The second-order valence-electron chi connectivity index (χ2n) is 9.97. The highest BCUT2D eigenvalue weighted by Crippen LogP contribution is 2.56. The first-order valence-electron chi connectivity index (χ1n) is 11.1. The number of aromatic nitrogens is 1. The first kappa shape index (κ1) is 19.1. The van der Waals surface area contributed by atoms with E-state index in [-0.39, 0.29) is 5.91 Å². The molecule has 2 unspecified atom stereocenters. The maximum atomic E-state index is 13.0. The molecule has 4 aliphatic carbocycles. The van der Waals surface area contributed by atoms with Crippen molar-refractivity contribution in [3.8, 4) is 0 Å². The zero-order valence-corrected chi connectivity index (χ0v) is 17.5. The molecule has 1 aromatic heterocycles. The van der Waals surface area contributed by atoms with Gasteiger partial charge in [0.05, 0.1) is 16.9 Å². The first-order valence-corrected chi connectivity index (χ1v) is 11.1. The molecule has 7 heteroatoms. The number of carbonyl (C=O) groups is 1. The number of anilines is 2. The number of aliphatic hydroxyl groups is 1. The lowest BCUT2D eigenvalue weighted by molar-refractivity contribution is -0.129. The summed E-state index contributed by atoms with van der Waals surface area (Å²) < 4.78 is 0.